The first-order valence-corrected chi connectivity index (χ1v) is 10.5. The van der Waals surface area contributed by atoms with Crippen LogP contribution in [-0.4, -0.2) is 29.0 Å². The van der Waals surface area contributed by atoms with Crippen LogP contribution in [-0.2, 0) is 0 Å². The predicted molar refractivity (Wildman–Crippen MR) is 114 cm³/mol. The summed E-state index contributed by atoms with van der Waals surface area (Å²) < 4.78 is 11.0. The van der Waals surface area contributed by atoms with E-state index in [4.69, 9.17) is 9.47 Å². The molecule has 152 valence electrons. The maximum atomic E-state index is 12.8. The van der Waals surface area contributed by atoms with Crippen LogP contribution < -0.4 is 14.8 Å². The molecule has 3 rings (SSSR count). The molecule has 2 heterocycles. The number of nitrogens with one attached hydrogen (secondary N) is 1. The van der Waals surface area contributed by atoms with Crippen LogP contribution in [0.25, 0.3) is 9.88 Å². The van der Waals surface area contributed by atoms with Gasteiger partial charge in [-0.05, 0) is 32.2 Å². The van der Waals surface area contributed by atoms with Crippen molar-refractivity contribution >= 4 is 40.0 Å². The molecule has 1 aromatic carbocycles. The third-order valence-electron chi connectivity index (χ3n) is 3.84. The van der Waals surface area contributed by atoms with Gasteiger partial charge in [0.2, 0.25) is 0 Å². The fourth-order valence-corrected chi connectivity index (χ4v) is 4.39. The molecule has 29 heavy (non-hydrogen) atoms. The zero-order valence-corrected chi connectivity index (χ0v) is 17.7. The Balaban J connectivity index is 1.95. The minimum absolute atomic E-state index is 0.0392. The molecule has 0 aliphatic carbocycles. The Morgan fingerprint density at radius 3 is 2.52 bits per heavy atom. The number of aryl methyl sites for hydroxylation is 1. The fourth-order valence-electron chi connectivity index (χ4n) is 2.63. The van der Waals surface area contributed by atoms with E-state index >= 15 is 0 Å². The molecule has 2 aromatic heterocycles. The Bertz CT molecular complexity index is 1030. The second-order valence-corrected chi connectivity index (χ2v) is 7.75. The van der Waals surface area contributed by atoms with Gasteiger partial charge in [0.15, 0.2) is 11.5 Å². The molecule has 0 bridgehead atoms. The number of hydrogen-bond acceptors (Lipinski definition) is 8. The van der Waals surface area contributed by atoms with Crippen LogP contribution in [0.5, 0.6) is 11.5 Å². The van der Waals surface area contributed by atoms with Crippen LogP contribution in [0.1, 0.15) is 29.2 Å². The molecule has 0 fully saturated rings. The number of thiophene rings is 1. The summed E-state index contributed by atoms with van der Waals surface area (Å²) in [6, 6.07) is 6.52. The average molecular weight is 434 g/mol. The molecule has 0 radical (unpaired) electrons. The van der Waals surface area contributed by atoms with E-state index in [0.717, 1.165) is 9.88 Å². The molecule has 0 saturated carbocycles. The van der Waals surface area contributed by atoms with Crippen LogP contribution in [0, 0.1) is 17.0 Å². The highest BCUT2D eigenvalue weighted by atomic mass is 32.1. The molecule has 0 spiro atoms. The molecule has 0 unspecified atom stereocenters. The van der Waals surface area contributed by atoms with Crippen molar-refractivity contribution in [3.05, 3.63) is 50.3 Å². The van der Waals surface area contributed by atoms with Crippen LogP contribution in [0.2, 0.25) is 0 Å². The molecule has 3 aromatic rings. The number of ether oxygens (including phenoxy) is 2. The number of nitro benzene ring substituents is 1. The van der Waals surface area contributed by atoms with E-state index in [-0.39, 0.29) is 17.1 Å². The zero-order chi connectivity index (χ0) is 21.0. The van der Waals surface area contributed by atoms with Crippen molar-refractivity contribution < 1.29 is 19.2 Å². The lowest BCUT2D eigenvalue weighted by molar-refractivity contribution is -0.384. The van der Waals surface area contributed by atoms with E-state index in [9.17, 15) is 14.9 Å². The van der Waals surface area contributed by atoms with E-state index in [0.29, 0.717) is 29.5 Å². The van der Waals surface area contributed by atoms with Gasteiger partial charge in [0, 0.05) is 6.07 Å². The van der Waals surface area contributed by atoms with Crippen LogP contribution >= 0.6 is 22.7 Å². The molecular formula is C19H19N3O5S2. The fraction of sp³-hybridized carbons (Fsp3) is 0.263. The lowest BCUT2D eigenvalue weighted by atomic mass is 10.2. The van der Waals surface area contributed by atoms with Gasteiger partial charge in [0.25, 0.3) is 11.6 Å². The zero-order valence-electron chi connectivity index (χ0n) is 16.1. The van der Waals surface area contributed by atoms with Crippen molar-refractivity contribution in [1.29, 1.82) is 0 Å². The lowest BCUT2D eigenvalue weighted by Gasteiger charge is -2.13. The van der Waals surface area contributed by atoms with Crippen molar-refractivity contribution in [1.82, 2.24) is 4.98 Å². The maximum Gasteiger partial charge on any atom is 0.296 e. The number of nitro groups is 1. The smallest absolute Gasteiger partial charge is 0.296 e. The lowest BCUT2D eigenvalue weighted by Crippen LogP contribution is -2.13. The molecule has 0 saturated heterocycles. The summed E-state index contributed by atoms with van der Waals surface area (Å²) in [5.74, 6) is 0.126. The van der Waals surface area contributed by atoms with E-state index in [1.807, 2.05) is 17.5 Å². The number of anilines is 1. The summed E-state index contributed by atoms with van der Waals surface area (Å²) >= 11 is 2.78. The number of carbonyl (C=O) groups is 1. The molecule has 0 aliphatic rings. The van der Waals surface area contributed by atoms with Gasteiger partial charge < -0.3 is 14.8 Å². The second kappa shape index (κ2) is 9.01. The van der Waals surface area contributed by atoms with Crippen molar-refractivity contribution in [2.24, 2.45) is 0 Å². The van der Waals surface area contributed by atoms with Gasteiger partial charge in [-0.1, -0.05) is 6.07 Å². The van der Waals surface area contributed by atoms with Gasteiger partial charge in [-0.25, -0.2) is 4.98 Å². The largest absolute Gasteiger partial charge is 0.490 e. The summed E-state index contributed by atoms with van der Waals surface area (Å²) in [6.45, 7) is 5.98. The van der Waals surface area contributed by atoms with Crippen molar-refractivity contribution in [2.45, 2.75) is 20.8 Å². The summed E-state index contributed by atoms with van der Waals surface area (Å²) in [7, 11) is 0. The van der Waals surface area contributed by atoms with E-state index in [1.54, 1.807) is 20.8 Å². The SMILES string of the molecule is CCOc1cc(NC(=O)c2sc(-c3cccs3)nc2C)c([N+](=O)[O-])cc1OCC. The molecule has 1 amide bonds. The first kappa shape index (κ1) is 20.7. The Kier molecular flexibility index (Phi) is 6.45. The van der Waals surface area contributed by atoms with Gasteiger partial charge in [-0.15, -0.1) is 22.7 Å². The number of nitrogens with zero attached hydrogens (tertiary/aromatic N) is 2. The molecule has 10 heteroatoms. The Labute approximate surface area is 175 Å². The van der Waals surface area contributed by atoms with Crippen LogP contribution in [0.3, 0.4) is 0 Å². The highest BCUT2D eigenvalue weighted by molar-refractivity contribution is 7.22. The maximum absolute atomic E-state index is 12.8. The van der Waals surface area contributed by atoms with Gasteiger partial charge in [0.05, 0.1) is 34.8 Å². The predicted octanol–water partition coefficient (Wildman–Crippen LogP) is 5.14. The average Bonchev–Trinajstić information content (AvgIpc) is 3.33. The number of carbonyl (C=O) groups excluding carboxylic acids is 1. The first-order chi connectivity index (χ1) is 13.9. The summed E-state index contributed by atoms with van der Waals surface area (Å²) in [4.78, 5) is 29.6. The Morgan fingerprint density at radius 1 is 1.24 bits per heavy atom. The normalized spacial score (nSPS) is 10.6. The Hall–Kier alpha value is -2.98. The van der Waals surface area contributed by atoms with Crippen LogP contribution in [0.4, 0.5) is 11.4 Å². The second-order valence-electron chi connectivity index (χ2n) is 5.80. The molecule has 0 atom stereocenters. The number of hydrogen-bond donors (Lipinski definition) is 1. The van der Waals surface area contributed by atoms with Gasteiger partial charge in [-0.2, -0.15) is 0 Å². The summed E-state index contributed by atoms with van der Waals surface area (Å²) in [5, 5.41) is 16.8. The number of thiazole rings is 1. The highest BCUT2D eigenvalue weighted by Gasteiger charge is 2.24. The number of benzene rings is 1. The minimum atomic E-state index is -0.565. The van der Waals surface area contributed by atoms with Crippen molar-refractivity contribution in [3.63, 3.8) is 0 Å². The number of aromatic nitrogens is 1. The number of rotatable bonds is 8. The summed E-state index contributed by atoms with van der Waals surface area (Å²) in [5.41, 5.74) is 0.331. The summed E-state index contributed by atoms with van der Waals surface area (Å²) in [6.07, 6.45) is 0. The molecular weight excluding hydrogens is 414 g/mol. The minimum Gasteiger partial charge on any atom is -0.490 e. The molecule has 8 nitrogen and oxygen atoms in total. The molecule has 0 aliphatic heterocycles. The van der Waals surface area contributed by atoms with Gasteiger partial charge in [-0.3, -0.25) is 14.9 Å². The quantitative estimate of drug-likeness (QED) is 0.390. The van der Waals surface area contributed by atoms with E-state index in [1.165, 1.54) is 34.8 Å². The topological polar surface area (TPSA) is 104 Å². The highest BCUT2D eigenvalue weighted by Crippen LogP contribution is 2.39. The third-order valence-corrected chi connectivity index (χ3v) is 6.04. The standard InChI is InChI=1S/C19H19N3O5S2/c1-4-26-14-9-12(13(22(24)25)10-15(14)27-5-2)21-18(23)17-11(3)20-19(29-17)16-7-6-8-28-16/h6-10H,4-5H2,1-3H3,(H,21,23). The Morgan fingerprint density at radius 2 is 1.93 bits per heavy atom. The van der Waals surface area contributed by atoms with Crippen LogP contribution in [0.15, 0.2) is 29.6 Å². The third kappa shape index (κ3) is 4.54. The van der Waals surface area contributed by atoms with Crippen molar-refractivity contribution in [3.8, 4) is 21.4 Å². The van der Waals surface area contributed by atoms with Gasteiger partial charge in [0.1, 0.15) is 15.6 Å². The molecule has 1 N–H and O–H groups in total. The first-order valence-electron chi connectivity index (χ1n) is 8.85. The number of amides is 1. The van der Waals surface area contributed by atoms with E-state index in [2.05, 4.69) is 10.3 Å². The van der Waals surface area contributed by atoms with Crippen molar-refractivity contribution in [2.75, 3.05) is 18.5 Å². The van der Waals surface area contributed by atoms with Gasteiger partial charge >= 0.3 is 0 Å². The monoisotopic (exact) mass is 433 g/mol. The van der Waals surface area contributed by atoms with E-state index < -0.39 is 10.8 Å².